The van der Waals surface area contributed by atoms with Crippen LogP contribution in [0.3, 0.4) is 0 Å². The summed E-state index contributed by atoms with van der Waals surface area (Å²) in [5.41, 5.74) is 2.71. The summed E-state index contributed by atoms with van der Waals surface area (Å²) in [4.78, 5) is 30.7. The number of carbonyl (C=O) groups excluding carboxylic acids is 2. The molecule has 1 amide bonds. The lowest BCUT2D eigenvalue weighted by atomic mass is 9.97. The standard InChI is InChI=1S/C25H22N2O4/c1-3-31-19-13-11-18(12-14-19)27-22(20-6-4-5-15-26-20)21(24(29)25(27)30)23(28)17-9-7-16(2)8-10-17/h4-15,22,28H,3H2,1-2H3/p+1. The Morgan fingerprint density at radius 3 is 2.35 bits per heavy atom. The van der Waals surface area contributed by atoms with Gasteiger partial charge in [-0.25, -0.2) is 4.98 Å². The van der Waals surface area contributed by atoms with E-state index in [-0.39, 0.29) is 11.3 Å². The van der Waals surface area contributed by atoms with Crippen molar-refractivity contribution in [3.63, 3.8) is 0 Å². The predicted molar refractivity (Wildman–Crippen MR) is 117 cm³/mol. The van der Waals surface area contributed by atoms with Gasteiger partial charge in [-0.2, -0.15) is 0 Å². The van der Waals surface area contributed by atoms with Gasteiger partial charge in [0.1, 0.15) is 11.5 Å². The molecule has 6 nitrogen and oxygen atoms in total. The number of aryl methyl sites for hydroxylation is 1. The molecule has 1 atom stereocenters. The van der Waals surface area contributed by atoms with Gasteiger partial charge in [-0.15, -0.1) is 0 Å². The van der Waals surface area contributed by atoms with Gasteiger partial charge in [0.05, 0.1) is 12.2 Å². The van der Waals surface area contributed by atoms with Gasteiger partial charge < -0.3 is 9.84 Å². The number of ether oxygens (including phenoxy) is 1. The molecule has 2 aromatic carbocycles. The van der Waals surface area contributed by atoms with Crippen molar-refractivity contribution >= 4 is 23.1 Å². The van der Waals surface area contributed by atoms with E-state index in [1.54, 1.807) is 48.7 Å². The van der Waals surface area contributed by atoms with Crippen molar-refractivity contribution in [3.05, 3.63) is 95.3 Å². The number of anilines is 1. The van der Waals surface area contributed by atoms with E-state index in [4.69, 9.17) is 4.74 Å². The molecular weight excluding hydrogens is 392 g/mol. The molecule has 1 fully saturated rings. The molecular formula is C25H23N2O4+. The number of aliphatic hydroxyl groups is 1. The molecule has 0 spiro atoms. The van der Waals surface area contributed by atoms with Crippen LogP contribution in [0.1, 0.15) is 29.8 Å². The first-order valence-corrected chi connectivity index (χ1v) is 10.1. The Morgan fingerprint density at radius 2 is 1.74 bits per heavy atom. The van der Waals surface area contributed by atoms with Gasteiger partial charge >= 0.3 is 0 Å². The minimum atomic E-state index is -0.791. The minimum Gasteiger partial charge on any atom is -0.507 e. The lowest BCUT2D eigenvalue weighted by Gasteiger charge is -2.22. The smallest absolute Gasteiger partial charge is 0.300 e. The van der Waals surface area contributed by atoms with E-state index in [0.717, 1.165) is 5.56 Å². The van der Waals surface area contributed by atoms with Gasteiger partial charge in [0.25, 0.3) is 11.7 Å². The normalized spacial score (nSPS) is 17.7. The highest BCUT2D eigenvalue weighted by Crippen LogP contribution is 2.41. The van der Waals surface area contributed by atoms with Crippen molar-refractivity contribution in [1.82, 2.24) is 0 Å². The first kappa shape index (κ1) is 20.3. The maximum Gasteiger partial charge on any atom is 0.300 e. The molecule has 1 aliphatic heterocycles. The van der Waals surface area contributed by atoms with Gasteiger partial charge in [-0.05, 0) is 38.1 Å². The molecule has 0 radical (unpaired) electrons. The predicted octanol–water partition coefficient (Wildman–Crippen LogP) is 3.83. The number of ketones is 1. The number of aromatic nitrogens is 1. The maximum atomic E-state index is 13.1. The van der Waals surface area contributed by atoms with Crippen LogP contribution in [0.15, 0.2) is 78.5 Å². The van der Waals surface area contributed by atoms with E-state index in [0.29, 0.717) is 29.3 Å². The quantitative estimate of drug-likeness (QED) is 0.390. The highest BCUT2D eigenvalue weighted by Gasteiger charge is 2.49. The monoisotopic (exact) mass is 415 g/mol. The molecule has 0 aliphatic carbocycles. The highest BCUT2D eigenvalue weighted by atomic mass is 16.5. The number of rotatable bonds is 5. The van der Waals surface area contributed by atoms with Crippen molar-refractivity contribution in [2.24, 2.45) is 0 Å². The van der Waals surface area contributed by atoms with Crippen LogP contribution in [-0.4, -0.2) is 23.4 Å². The summed E-state index contributed by atoms with van der Waals surface area (Å²) in [5, 5.41) is 11.1. The van der Waals surface area contributed by atoms with Crippen LogP contribution < -0.4 is 14.6 Å². The maximum absolute atomic E-state index is 13.1. The Hall–Kier alpha value is -3.93. The molecule has 4 rings (SSSR count). The second-order valence-electron chi connectivity index (χ2n) is 7.28. The largest absolute Gasteiger partial charge is 0.507 e. The second-order valence-corrected chi connectivity index (χ2v) is 7.28. The van der Waals surface area contributed by atoms with Crippen molar-refractivity contribution in [3.8, 4) is 5.75 Å². The average molecular weight is 415 g/mol. The summed E-state index contributed by atoms with van der Waals surface area (Å²) in [6.07, 6.45) is 1.72. The number of H-pyrrole nitrogens is 1. The van der Waals surface area contributed by atoms with Gasteiger partial charge in [0.2, 0.25) is 5.69 Å². The summed E-state index contributed by atoms with van der Waals surface area (Å²) >= 11 is 0. The summed E-state index contributed by atoms with van der Waals surface area (Å²) in [6.45, 7) is 4.36. The Labute approximate surface area is 180 Å². The molecule has 1 aliphatic rings. The number of carbonyl (C=O) groups is 2. The molecule has 3 aromatic rings. The third kappa shape index (κ3) is 3.80. The van der Waals surface area contributed by atoms with Crippen LogP contribution in [0.5, 0.6) is 5.75 Å². The second kappa shape index (κ2) is 8.44. The minimum absolute atomic E-state index is 0.0465. The average Bonchev–Trinajstić information content (AvgIpc) is 3.06. The Bertz CT molecular complexity index is 1140. The van der Waals surface area contributed by atoms with Gasteiger partial charge in [-0.1, -0.05) is 35.9 Å². The Balaban J connectivity index is 1.87. The molecule has 156 valence electrons. The number of amides is 1. The molecule has 0 bridgehead atoms. The van der Waals surface area contributed by atoms with Crippen LogP contribution in [-0.2, 0) is 9.59 Å². The number of aromatic amines is 1. The SMILES string of the molecule is CCOc1ccc(N2C(=O)C(=O)C(=C(O)c3ccc(C)cc3)C2c2cccc[nH+]2)cc1. The fraction of sp³-hybridized carbons (Fsp3) is 0.160. The molecule has 31 heavy (non-hydrogen) atoms. The zero-order chi connectivity index (χ0) is 22.0. The van der Waals surface area contributed by atoms with E-state index >= 15 is 0 Å². The van der Waals surface area contributed by atoms with Crippen LogP contribution in [0.4, 0.5) is 5.69 Å². The lowest BCUT2D eigenvalue weighted by molar-refractivity contribution is -0.391. The summed E-state index contributed by atoms with van der Waals surface area (Å²) < 4.78 is 5.48. The van der Waals surface area contributed by atoms with E-state index in [1.807, 2.05) is 38.1 Å². The highest BCUT2D eigenvalue weighted by molar-refractivity contribution is 6.51. The van der Waals surface area contributed by atoms with Crippen molar-refractivity contribution in [1.29, 1.82) is 0 Å². The van der Waals surface area contributed by atoms with Gasteiger partial charge in [0, 0.05) is 23.4 Å². The number of pyridine rings is 1. The molecule has 0 saturated carbocycles. The number of nitrogens with one attached hydrogen (secondary N) is 1. The molecule has 2 N–H and O–H groups in total. The Kier molecular flexibility index (Phi) is 5.54. The third-order valence-corrected chi connectivity index (χ3v) is 5.22. The third-order valence-electron chi connectivity index (χ3n) is 5.22. The number of hydrogen-bond acceptors (Lipinski definition) is 4. The van der Waals surface area contributed by atoms with Gasteiger partial charge in [0.15, 0.2) is 12.2 Å². The summed E-state index contributed by atoms with van der Waals surface area (Å²) in [5.74, 6) is -0.950. The molecule has 6 heteroatoms. The van der Waals surface area contributed by atoms with E-state index in [2.05, 4.69) is 4.98 Å². The zero-order valence-corrected chi connectivity index (χ0v) is 17.3. The zero-order valence-electron chi connectivity index (χ0n) is 17.3. The topological polar surface area (TPSA) is 81.0 Å². The van der Waals surface area contributed by atoms with Crippen LogP contribution in [0.25, 0.3) is 5.76 Å². The molecule has 1 aromatic heterocycles. The van der Waals surface area contributed by atoms with Crippen molar-refractivity contribution in [2.45, 2.75) is 19.9 Å². The number of nitrogens with zero attached hydrogens (tertiary/aromatic N) is 1. The van der Waals surface area contributed by atoms with Crippen LogP contribution >= 0.6 is 0 Å². The summed E-state index contributed by atoms with van der Waals surface area (Å²) in [6, 6.07) is 18.8. The van der Waals surface area contributed by atoms with E-state index in [9.17, 15) is 14.7 Å². The Morgan fingerprint density at radius 1 is 1.03 bits per heavy atom. The fourth-order valence-corrected chi connectivity index (χ4v) is 3.71. The van der Waals surface area contributed by atoms with Crippen molar-refractivity contribution in [2.75, 3.05) is 11.5 Å². The fourth-order valence-electron chi connectivity index (χ4n) is 3.71. The molecule has 1 unspecified atom stereocenters. The van der Waals surface area contributed by atoms with Crippen LogP contribution in [0, 0.1) is 6.92 Å². The van der Waals surface area contributed by atoms with E-state index in [1.165, 1.54) is 4.90 Å². The first-order chi connectivity index (χ1) is 15.0. The molecule has 1 saturated heterocycles. The number of hydrogen-bond donors (Lipinski definition) is 1. The van der Waals surface area contributed by atoms with E-state index < -0.39 is 17.7 Å². The van der Waals surface area contributed by atoms with Crippen molar-refractivity contribution < 1.29 is 24.4 Å². The number of benzene rings is 2. The number of Topliss-reactive ketones (excluding diaryl/α,β-unsaturated/α-hetero) is 1. The van der Waals surface area contributed by atoms with Gasteiger partial charge in [-0.3, -0.25) is 14.5 Å². The lowest BCUT2D eigenvalue weighted by Crippen LogP contribution is -2.32. The summed E-state index contributed by atoms with van der Waals surface area (Å²) in [7, 11) is 0. The number of aliphatic hydroxyl groups excluding tert-OH is 1. The molecule has 2 heterocycles. The first-order valence-electron chi connectivity index (χ1n) is 10.1. The van der Waals surface area contributed by atoms with Crippen LogP contribution in [0.2, 0.25) is 0 Å².